The van der Waals surface area contributed by atoms with Crippen molar-refractivity contribution in [2.24, 2.45) is 5.10 Å². The highest BCUT2D eigenvalue weighted by atomic mass is 19.1. The van der Waals surface area contributed by atoms with Crippen LogP contribution in [-0.4, -0.2) is 17.1 Å². The third-order valence-electron chi connectivity index (χ3n) is 2.45. The molecule has 0 spiro atoms. The zero-order valence-electron chi connectivity index (χ0n) is 10.3. The summed E-state index contributed by atoms with van der Waals surface area (Å²) in [5.74, 6) is -0.780. The largest absolute Gasteiger partial charge is 0.272 e. The maximum absolute atomic E-state index is 13.3. The molecule has 1 amide bonds. The lowest BCUT2D eigenvalue weighted by Gasteiger charge is -2.00. The minimum atomic E-state index is -0.391. The number of pyridine rings is 1. The summed E-state index contributed by atoms with van der Waals surface area (Å²) in [4.78, 5) is 15.7. The second-order valence-electron chi connectivity index (χ2n) is 3.91. The molecule has 96 valence electrons. The summed E-state index contributed by atoms with van der Waals surface area (Å²) in [6, 6.07) is 9.55. The first-order valence-corrected chi connectivity index (χ1v) is 5.67. The van der Waals surface area contributed by atoms with Gasteiger partial charge in [0.15, 0.2) is 0 Å². The lowest BCUT2D eigenvalue weighted by molar-refractivity contribution is 0.0954. The Morgan fingerprint density at radius 1 is 1.32 bits per heavy atom. The summed E-state index contributed by atoms with van der Waals surface area (Å²) < 4.78 is 13.3. The molecule has 2 rings (SSSR count). The smallest absolute Gasteiger partial charge is 0.267 e. The van der Waals surface area contributed by atoms with Crippen molar-refractivity contribution < 1.29 is 9.18 Å². The standard InChI is InChI=1S/C14H12FN3O/c1-10-6-7-12(8-16-10)14(19)18-17-9-11-4-2-3-5-13(11)15/h2-9H,1H3,(H,18,19)/b17-9+. The first kappa shape index (κ1) is 12.9. The van der Waals surface area contributed by atoms with E-state index in [2.05, 4.69) is 15.5 Å². The van der Waals surface area contributed by atoms with E-state index in [4.69, 9.17) is 0 Å². The van der Waals surface area contributed by atoms with Gasteiger partial charge in [-0.15, -0.1) is 0 Å². The molecule has 1 aromatic carbocycles. The van der Waals surface area contributed by atoms with E-state index in [1.54, 1.807) is 30.3 Å². The monoisotopic (exact) mass is 257 g/mol. The molecular formula is C14H12FN3O. The molecule has 0 saturated heterocycles. The second-order valence-corrected chi connectivity index (χ2v) is 3.91. The molecule has 19 heavy (non-hydrogen) atoms. The van der Waals surface area contributed by atoms with E-state index in [0.29, 0.717) is 11.1 Å². The molecule has 0 unspecified atom stereocenters. The number of nitrogens with zero attached hydrogens (tertiary/aromatic N) is 2. The number of hydrazone groups is 1. The van der Waals surface area contributed by atoms with E-state index in [-0.39, 0.29) is 5.91 Å². The van der Waals surface area contributed by atoms with Crippen molar-refractivity contribution >= 4 is 12.1 Å². The highest BCUT2D eigenvalue weighted by molar-refractivity contribution is 5.94. The Hall–Kier alpha value is -2.56. The summed E-state index contributed by atoms with van der Waals surface area (Å²) >= 11 is 0. The number of amides is 1. The summed E-state index contributed by atoms with van der Waals surface area (Å²) in [6.07, 6.45) is 2.72. The SMILES string of the molecule is Cc1ccc(C(=O)N/N=C/c2ccccc2F)cn1. The van der Waals surface area contributed by atoms with Crippen LogP contribution in [0.3, 0.4) is 0 Å². The second kappa shape index (κ2) is 5.86. The van der Waals surface area contributed by atoms with Gasteiger partial charge >= 0.3 is 0 Å². The van der Waals surface area contributed by atoms with E-state index in [0.717, 1.165) is 5.69 Å². The van der Waals surface area contributed by atoms with Gasteiger partial charge in [0.1, 0.15) is 5.82 Å². The van der Waals surface area contributed by atoms with Crippen molar-refractivity contribution in [1.29, 1.82) is 0 Å². The Balaban J connectivity index is 2.01. The van der Waals surface area contributed by atoms with E-state index in [1.807, 2.05) is 6.92 Å². The van der Waals surface area contributed by atoms with Gasteiger partial charge < -0.3 is 0 Å². The Kier molecular flexibility index (Phi) is 3.97. The van der Waals surface area contributed by atoms with Crippen LogP contribution >= 0.6 is 0 Å². The number of nitrogens with one attached hydrogen (secondary N) is 1. The lowest BCUT2D eigenvalue weighted by atomic mass is 10.2. The molecule has 1 aromatic heterocycles. The van der Waals surface area contributed by atoms with Gasteiger partial charge in [-0.1, -0.05) is 18.2 Å². The zero-order valence-corrected chi connectivity index (χ0v) is 10.3. The Labute approximate surface area is 110 Å². The van der Waals surface area contributed by atoms with Crippen LogP contribution in [0.5, 0.6) is 0 Å². The third-order valence-corrected chi connectivity index (χ3v) is 2.45. The molecule has 2 aromatic rings. The highest BCUT2D eigenvalue weighted by Gasteiger charge is 2.03. The molecular weight excluding hydrogens is 245 g/mol. The van der Waals surface area contributed by atoms with Gasteiger partial charge in [0.05, 0.1) is 11.8 Å². The van der Waals surface area contributed by atoms with Crippen LogP contribution in [0.1, 0.15) is 21.6 Å². The fraction of sp³-hybridized carbons (Fsp3) is 0.0714. The third kappa shape index (κ3) is 3.45. The van der Waals surface area contributed by atoms with E-state index >= 15 is 0 Å². The topological polar surface area (TPSA) is 54.4 Å². The van der Waals surface area contributed by atoms with Crippen LogP contribution in [0.4, 0.5) is 4.39 Å². The van der Waals surface area contributed by atoms with E-state index in [9.17, 15) is 9.18 Å². The van der Waals surface area contributed by atoms with Crippen molar-refractivity contribution in [2.45, 2.75) is 6.92 Å². The van der Waals surface area contributed by atoms with Crippen molar-refractivity contribution in [3.8, 4) is 0 Å². The molecule has 1 heterocycles. The number of aryl methyl sites for hydroxylation is 1. The van der Waals surface area contributed by atoms with Crippen molar-refractivity contribution in [1.82, 2.24) is 10.4 Å². The van der Waals surface area contributed by atoms with Gasteiger partial charge in [0.25, 0.3) is 5.91 Å². The highest BCUT2D eigenvalue weighted by Crippen LogP contribution is 2.03. The van der Waals surface area contributed by atoms with Crippen LogP contribution in [-0.2, 0) is 0 Å². The average Bonchev–Trinajstić information content (AvgIpc) is 2.41. The predicted molar refractivity (Wildman–Crippen MR) is 70.4 cm³/mol. The van der Waals surface area contributed by atoms with Crippen molar-refractivity contribution in [2.75, 3.05) is 0 Å². The van der Waals surface area contributed by atoms with Crippen LogP contribution < -0.4 is 5.43 Å². The maximum atomic E-state index is 13.3. The molecule has 0 aliphatic carbocycles. The maximum Gasteiger partial charge on any atom is 0.272 e. The molecule has 0 atom stereocenters. The van der Waals surface area contributed by atoms with Gasteiger partial charge in [-0.3, -0.25) is 9.78 Å². The number of carbonyl (C=O) groups excluding carboxylic acids is 1. The fourth-order valence-electron chi connectivity index (χ4n) is 1.41. The molecule has 0 fully saturated rings. The van der Waals surface area contributed by atoms with Crippen molar-refractivity contribution in [3.05, 3.63) is 65.2 Å². The molecule has 0 saturated carbocycles. The van der Waals surface area contributed by atoms with Gasteiger partial charge in [-0.05, 0) is 25.1 Å². The number of hydrogen-bond donors (Lipinski definition) is 1. The quantitative estimate of drug-likeness (QED) is 0.677. The molecule has 0 bridgehead atoms. The van der Waals surface area contributed by atoms with Crippen LogP contribution in [0.2, 0.25) is 0 Å². The molecule has 4 nitrogen and oxygen atoms in total. The van der Waals surface area contributed by atoms with Crippen LogP contribution in [0.25, 0.3) is 0 Å². The predicted octanol–water partition coefficient (Wildman–Crippen LogP) is 2.29. The van der Waals surface area contributed by atoms with E-state index < -0.39 is 5.82 Å². The minimum absolute atomic E-state index is 0.310. The van der Waals surface area contributed by atoms with Gasteiger partial charge in [-0.2, -0.15) is 5.10 Å². The summed E-state index contributed by atoms with van der Waals surface area (Å²) in [5.41, 5.74) is 3.85. The van der Waals surface area contributed by atoms with Crippen LogP contribution in [0, 0.1) is 12.7 Å². The normalized spacial score (nSPS) is 10.6. The van der Waals surface area contributed by atoms with Gasteiger partial charge in [0, 0.05) is 17.5 Å². The number of aromatic nitrogens is 1. The zero-order chi connectivity index (χ0) is 13.7. The Morgan fingerprint density at radius 2 is 2.11 bits per heavy atom. The van der Waals surface area contributed by atoms with Crippen LogP contribution in [0.15, 0.2) is 47.7 Å². The summed E-state index contributed by atoms with van der Waals surface area (Å²) in [5, 5.41) is 3.71. The summed E-state index contributed by atoms with van der Waals surface area (Å²) in [7, 11) is 0. The number of hydrogen-bond acceptors (Lipinski definition) is 3. The van der Waals surface area contributed by atoms with Gasteiger partial charge in [0.2, 0.25) is 0 Å². The molecule has 1 N–H and O–H groups in total. The number of benzene rings is 1. The van der Waals surface area contributed by atoms with Crippen molar-refractivity contribution in [3.63, 3.8) is 0 Å². The fourth-order valence-corrected chi connectivity index (χ4v) is 1.41. The van der Waals surface area contributed by atoms with Gasteiger partial charge in [-0.25, -0.2) is 9.82 Å². The van der Waals surface area contributed by atoms with E-state index in [1.165, 1.54) is 18.5 Å². The average molecular weight is 257 g/mol. The first-order chi connectivity index (χ1) is 9.16. The Bertz CT molecular complexity index is 608. The Morgan fingerprint density at radius 3 is 2.79 bits per heavy atom. The molecule has 0 radical (unpaired) electrons. The molecule has 5 heteroatoms. The molecule has 0 aliphatic rings. The summed E-state index contributed by atoms with van der Waals surface area (Å²) in [6.45, 7) is 1.83. The molecule has 0 aliphatic heterocycles. The number of carbonyl (C=O) groups is 1. The minimum Gasteiger partial charge on any atom is -0.267 e. The first-order valence-electron chi connectivity index (χ1n) is 5.67. The lowest BCUT2D eigenvalue weighted by Crippen LogP contribution is -2.17. The number of rotatable bonds is 3. The number of halogens is 1.